The molecule has 0 atom stereocenters. The molecule has 0 radical (unpaired) electrons. The summed E-state index contributed by atoms with van der Waals surface area (Å²) < 4.78 is 36.5. The highest BCUT2D eigenvalue weighted by Gasteiger charge is 2.18. The Morgan fingerprint density at radius 1 is 1.07 bits per heavy atom. The molecule has 0 aliphatic rings. The summed E-state index contributed by atoms with van der Waals surface area (Å²) in [6, 6.07) is 9.63. The second-order valence-electron chi connectivity index (χ2n) is 5.55. The quantitative estimate of drug-likeness (QED) is 0.693. The molecule has 0 aliphatic carbocycles. The predicted molar refractivity (Wildman–Crippen MR) is 103 cm³/mol. The van der Waals surface area contributed by atoms with E-state index in [0.29, 0.717) is 24.5 Å². The second-order valence-corrected chi connectivity index (χ2v) is 7.81. The zero-order valence-electron chi connectivity index (χ0n) is 15.2. The van der Waals surface area contributed by atoms with Gasteiger partial charge >= 0.3 is 0 Å². The maximum atomic E-state index is 12.3. The summed E-state index contributed by atoms with van der Waals surface area (Å²) in [5, 5.41) is 2.81. The fourth-order valence-corrected chi connectivity index (χ4v) is 3.67. The van der Waals surface area contributed by atoms with Gasteiger partial charge in [0.05, 0.1) is 19.2 Å². The smallest absolute Gasteiger partial charge is 0.251 e. The number of nitrogens with one attached hydrogen (secondary N) is 2. The normalized spacial score (nSPS) is 11.1. The number of carbonyl (C=O) groups is 1. The fourth-order valence-electron chi connectivity index (χ4n) is 2.42. The molecule has 146 valence electrons. The van der Waals surface area contributed by atoms with Gasteiger partial charge in [-0.1, -0.05) is 17.7 Å². The van der Waals surface area contributed by atoms with Crippen LogP contribution in [-0.4, -0.2) is 42.1 Å². The third kappa shape index (κ3) is 5.12. The van der Waals surface area contributed by atoms with Crippen LogP contribution in [-0.2, 0) is 16.4 Å². The SMILES string of the molecule is CNS(=O)(=O)c1cc(C(=O)NCCc2ccc(OC)c(OC)c2)ccc1Cl. The van der Waals surface area contributed by atoms with Crippen LogP contribution < -0.4 is 19.5 Å². The van der Waals surface area contributed by atoms with Crippen molar-refractivity contribution in [3.8, 4) is 11.5 Å². The summed E-state index contributed by atoms with van der Waals surface area (Å²) >= 11 is 5.93. The highest BCUT2D eigenvalue weighted by Crippen LogP contribution is 2.27. The lowest BCUT2D eigenvalue weighted by atomic mass is 10.1. The van der Waals surface area contributed by atoms with Crippen molar-refractivity contribution in [2.24, 2.45) is 0 Å². The van der Waals surface area contributed by atoms with E-state index in [1.165, 1.54) is 25.2 Å². The van der Waals surface area contributed by atoms with Crippen LogP contribution in [0.3, 0.4) is 0 Å². The number of hydrogen-bond acceptors (Lipinski definition) is 5. The van der Waals surface area contributed by atoms with Crippen molar-refractivity contribution in [2.45, 2.75) is 11.3 Å². The molecule has 9 heteroatoms. The number of amides is 1. The van der Waals surface area contributed by atoms with Crippen molar-refractivity contribution in [3.05, 3.63) is 52.5 Å². The van der Waals surface area contributed by atoms with Crippen molar-refractivity contribution in [1.29, 1.82) is 0 Å². The summed E-state index contributed by atoms with van der Waals surface area (Å²) in [5.74, 6) is 0.852. The van der Waals surface area contributed by atoms with Crippen molar-refractivity contribution < 1.29 is 22.7 Å². The van der Waals surface area contributed by atoms with E-state index in [0.717, 1.165) is 5.56 Å². The van der Waals surface area contributed by atoms with Gasteiger partial charge in [-0.15, -0.1) is 0 Å². The van der Waals surface area contributed by atoms with Crippen LogP contribution in [0.4, 0.5) is 0 Å². The Morgan fingerprint density at radius 3 is 2.41 bits per heavy atom. The van der Waals surface area contributed by atoms with E-state index in [1.807, 2.05) is 12.1 Å². The van der Waals surface area contributed by atoms with Crippen LogP contribution in [0.25, 0.3) is 0 Å². The Morgan fingerprint density at radius 2 is 1.78 bits per heavy atom. The van der Waals surface area contributed by atoms with E-state index in [2.05, 4.69) is 10.0 Å². The number of hydrogen-bond donors (Lipinski definition) is 2. The third-order valence-electron chi connectivity index (χ3n) is 3.90. The van der Waals surface area contributed by atoms with Gasteiger partial charge in [-0.05, 0) is 49.4 Å². The van der Waals surface area contributed by atoms with Gasteiger partial charge in [0.25, 0.3) is 5.91 Å². The highest BCUT2D eigenvalue weighted by molar-refractivity contribution is 7.89. The van der Waals surface area contributed by atoms with Crippen LogP contribution in [0, 0.1) is 0 Å². The van der Waals surface area contributed by atoms with Crippen LogP contribution in [0.15, 0.2) is 41.3 Å². The van der Waals surface area contributed by atoms with Gasteiger partial charge < -0.3 is 14.8 Å². The first kappa shape index (κ1) is 21.0. The van der Waals surface area contributed by atoms with Gasteiger partial charge in [-0.25, -0.2) is 13.1 Å². The average Bonchev–Trinajstić information content (AvgIpc) is 2.67. The molecule has 0 heterocycles. The molecule has 0 spiro atoms. The largest absolute Gasteiger partial charge is 0.493 e. The molecule has 0 unspecified atom stereocenters. The third-order valence-corrected chi connectivity index (χ3v) is 5.79. The molecule has 2 N–H and O–H groups in total. The van der Waals surface area contributed by atoms with Gasteiger partial charge in [0, 0.05) is 12.1 Å². The summed E-state index contributed by atoms with van der Waals surface area (Å²) in [6.45, 7) is 0.366. The molecule has 2 aromatic carbocycles. The number of rotatable bonds is 8. The van der Waals surface area contributed by atoms with Crippen molar-refractivity contribution in [3.63, 3.8) is 0 Å². The van der Waals surface area contributed by atoms with Crippen LogP contribution in [0.2, 0.25) is 5.02 Å². The minimum absolute atomic E-state index is 0.0474. The van der Waals surface area contributed by atoms with Crippen molar-refractivity contribution >= 4 is 27.5 Å². The molecule has 2 aromatic rings. The minimum Gasteiger partial charge on any atom is -0.493 e. The molecule has 7 nitrogen and oxygen atoms in total. The maximum absolute atomic E-state index is 12.3. The topological polar surface area (TPSA) is 93.7 Å². The number of halogens is 1. The Hall–Kier alpha value is -2.29. The van der Waals surface area contributed by atoms with Crippen molar-refractivity contribution in [1.82, 2.24) is 10.0 Å². The molecule has 0 fully saturated rings. The molecule has 27 heavy (non-hydrogen) atoms. The van der Waals surface area contributed by atoms with E-state index in [9.17, 15) is 13.2 Å². The lowest BCUT2D eigenvalue weighted by molar-refractivity contribution is 0.0954. The molecule has 2 rings (SSSR count). The van der Waals surface area contributed by atoms with Gasteiger partial charge in [0.15, 0.2) is 11.5 Å². The van der Waals surface area contributed by atoms with E-state index in [1.54, 1.807) is 20.3 Å². The first-order valence-corrected chi connectivity index (χ1v) is 9.90. The lowest BCUT2D eigenvalue weighted by Crippen LogP contribution is -2.26. The molecular weight excluding hydrogens is 392 g/mol. The summed E-state index contributed by atoms with van der Waals surface area (Å²) in [4.78, 5) is 12.2. The van der Waals surface area contributed by atoms with Gasteiger partial charge in [-0.2, -0.15) is 0 Å². The van der Waals surface area contributed by atoms with Crippen LogP contribution >= 0.6 is 11.6 Å². The van der Waals surface area contributed by atoms with Crippen molar-refractivity contribution in [2.75, 3.05) is 27.8 Å². The molecule has 0 bridgehead atoms. The first-order chi connectivity index (χ1) is 12.8. The molecule has 0 saturated carbocycles. The standard InChI is InChI=1S/C18H21ClN2O5S/c1-20-27(23,24)17-11-13(5-6-14(17)19)18(22)21-9-8-12-4-7-15(25-2)16(10-12)26-3/h4-7,10-11,20H,8-9H2,1-3H3,(H,21,22). The van der Waals surface area contributed by atoms with Crippen LogP contribution in [0.1, 0.15) is 15.9 Å². The Bertz CT molecular complexity index is 931. The molecule has 0 aliphatic heterocycles. The van der Waals surface area contributed by atoms with Gasteiger partial charge in [0.1, 0.15) is 4.90 Å². The molecular formula is C18H21ClN2O5S. The van der Waals surface area contributed by atoms with E-state index < -0.39 is 10.0 Å². The second kappa shape index (κ2) is 9.07. The average molecular weight is 413 g/mol. The molecule has 1 amide bonds. The van der Waals surface area contributed by atoms with E-state index in [4.69, 9.17) is 21.1 Å². The number of sulfonamides is 1. The zero-order chi connectivity index (χ0) is 20.0. The van der Waals surface area contributed by atoms with Gasteiger partial charge in [-0.3, -0.25) is 4.79 Å². The summed E-state index contributed by atoms with van der Waals surface area (Å²) in [6.07, 6.45) is 0.571. The number of ether oxygens (including phenoxy) is 2. The van der Waals surface area contributed by atoms with Gasteiger partial charge in [0.2, 0.25) is 10.0 Å². The predicted octanol–water partition coefficient (Wildman–Crippen LogP) is 2.24. The zero-order valence-corrected chi connectivity index (χ0v) is 16.8. The van der Waals surface area contributed by atoms with E-state index >= 15 is 0 Å². The highest BCUT2D eigenvalue weighted by atomic mass is 35.5. The first-order valence-electron chi connectivity index (χ1n) is 8.04. The number of methoxy groups -OCH3 is 2. The Kier molecular flexibility index (Phi) is 7.06. The molecule has 0 saturated heterocycles. The fraction of sp³-hybridized carbons (Fsp3) is 0.278. The number of benzene rings is 2. The summed E-state index contributed by atoms with van der Waals surface area (Å²) in [5.41, 5.74) is 1.17. The summed E-state index contributed by atoms with van der Waals surface area (Å²) in [7, 11) is 0.647. The lowest BCUT2D eigenvalue weighted by Gasteiger charge is -2.11. The number of carbonyl (C=O) groups excluding carboxylic acids is 1. The Balaban J connectivity index is 2.05. The van der Waals surface area contributed by atoms with Crippen LogP contribution in [0.5, 0.6) is 11.5 Å². The Labute approximate surface area is 163 Å². The molecule has 0 aromatic heterocycles. The minimum atomic E-state index is -3.75. The van der Waals surface area contributed by atoms with E-state index in [-0.39, 0.29) is 21.4 Å². The monoisotopic (exact) mass is 412 g/mol. The maximum Gasteiger partial charge on any atom is 0.251 e.